The second-order valence-electron chi connectivity index (χ2n) is 10.1. The molecule has 0 saturated carbocycles. The number of carbonyl (C=O) groups excluding carboxylic acids is 2. The highest BCUT2D eigenvalue weighted by Gasteiger charge is 2.54. The van der Waals surface area contributed by atoms with Crippen LogP contribution in [0, 0.1) is 5.92 Å². The summed E-state index contributed by atoms with van der Waals surface area (Å²) < 4.78 is 0. The highest BCUT2D eigenvalue weighted by molar-refractivity contribution is 6.00. The van der Waals surface area contributed by atoms with Crippen molar-refractivity contribution in [2.24, 2.45) is 5.92 Å². The Hall–Kier alpha value is -1.88. The van der Waals surface area contributed by atoms with E-state index in [-0.39, 0.29) is 23.9 Å². The van der Waals surface area contributed by atoms with Gasteiger partial charge in [0, 0.05) is 19.1 Å². The Morgan fingerprint density at radius 3 is 2.29 bits per heavy atom. The van der Waals surface area contributed by atoms with Gasteiger partial charge in [0.05, 0.1) is 0 Å². The van der Waals surface area contributed by atoms with Gasteiger partial charge in [-0.25, -0.2) is 0 Å². The van der Waals surface area contributed by atoms with E-state index in [9.17, 15) is 9.59 Å². The lowest BCUT2D eigenvalue weighted by atomic mass is 9.80. The number of amides is 2. The van der Waals surface area contributed by atoms with Crippen LogP contribution in [-0.2, 0) is 16.0 Å². The van der Waals surface area contributed by atoms with Crippen LogP contribution in [0.3, 0.4) is 0 Å². The Labute approximate surface area is 188 Å². The molecule has 0 radical (unpaired) electrons. The van der Waals surface area contributed by atoms with Crippen LogP contribution in [0.5, 0.6) is 0 Å². The molecule has 2 aliphatic rings. The molecule has 1 N–H and O–H groups in total. The number of unbranched alkanes of at least 4 members (excludes halogenated alkanes) is 2. The van der Waals surface area contributed by atoms with Gasteiger partial charge in [-0.05, 0) is 70.4 Å². The Morgan fingerprint density at radius 2 is 1.68 bits per heavy atom. The van der Waals surface area contributed by atoms with Gasteiger partial charge in [-0.1, -0.05) is 50.6 Å². The molecular weight excluding hydrogens is 386 g/mol. The molecule has 1 atom stereocenters. The van der Waals surface area contributed by atoms with E-state index in [1.807, 2.05) is 18.7 Å². The predicted molar refractivity (Wildman–Crippen MR) is 126 cm³/mol. The van der Waals surface area contributed by atoms with Crippen molar-refractivity contribution < 1.29 is 9.59 Å². The molecule has 2 saturated heterocycles. The fraction of sp³-hybridized carbons (Fsp3) is 0.692. The number of piperidine rings is 1. The van der Waals surface area contributed by atoms with E-state index in [1.165, 1.54) is 24.8 Å². The number of hydrogen-bond acceptors (Lipinski definition) is 3. The van der Waals surface area contributed by atoms with Crippen LogP contribution in [0.4, 0.5) is 0 Å². The topological polar surface area (TPSA) is 52.7 Å². The summed E-state index contributed by atoms with van der Waals surface area (Å²) in [6.45, 7) is 11.1. The second-order valence-corrected chi connectivity index (χ2v) is 10.1. The molecule has 0 aromatic heterocycles. The number of benzene rings is 1. The Kier molecular flexibility index (Phi) is 8.15. The summed E-state index contributed by atoms with van der Waals surface area (Å²) in [5.41, 5.74) is 0.752. The minimum absolute atomic E-state index is 0.0396. The zero-order chi connectivity index (χ0) is 22.4. The van der Waals surface area contributed by atoms with Crippen LogP contribution in [0.25, 0.3) is 0 Å². The number of hydrogen-bond donors (Lipinski definition) is 1. The fourth-order valence-corrected chi connectivity index (χ4v) is 5.32. The number of carbonyl (C=O) groups is 2. The third-order valence-corrected chi connectivity index (χ3v) is 6.91. The van der Waals surface area contributed by atoms with Crippen molar-refractivity contribution in [1.82, 2.24) is 15.1 Å². The number of nitrogens with zero attached hydrogens (tertiary/aromatic N) is 2. The molecule has 2 heterocycles. The van der Waals surface area contributed by atoms with E-state index in [4.69, 9.17) is 0 Å². The molecule has 2 fully saturated rings. The van der Waals surface area contributed by atoms with E-state index < -0.39 is 5.54 Å². The van der Waals surface area contributed by atoms with E-state index in [0.29, 0.717) is 12.3 Å². The first-order valence-corrected chi connectivity index (χ1v) is 12.2. The molecule has 2 amide bonds. The van der Waals surface area contributed by atoms with Gasteiger partial charge >= 0.3 is 0 Å². The third kappa shape index (κ3) is 5.68. The van der Waals surface area contributed by atoms with Crippen LogP contribution in [0.2, 0.25) is 0 Å². The monoisotopic (exact) mass is 427 g/mol. The Morgan fingerprint density at radius 1 is 1.00 bits per heavy atom. The smallest absolute Gasteiger partial charge is 0.246 e. The van der Waals surface area contributed by atoms with E-state index in [1.54, 1.807) is 0 Å². The standard InChI is InChI=1S/C26H41N3O2/c1-20(2)19-23-24(30)29(21(3)4)26(25(31)27-23)14-17-28(18-15-26)16-10-6-9-13-22-11-7-5-8-12-22/h5,7-8,11-12,20-21,23H,6,9-10,13-19H2,1-4H3,(H,27,31)/t23-/m0/s1. The van der Waals surface area contributed by atoms with Crippen LogP contribution in [0.1, 0.15) is 71.8 Å². The highest BCUT2D eigenvalue weighted by Crippen LogP contribution is 2.35. The van der Waals surface area contributed by atoms with E-state index >= 15 is 0 Å². The number of aryl methyl sites for hydroxylation is 1. The van der Waals surface area contributed by atoms with Crippen molar-refractivity contribution >= 4 is 11.8 Å². The fourth-order valence-electron chi connectivity index (χ4n) is 5.32. The average molecular weight is 428 g/mol. The number of rotatable bonds is 9. The molecule has 5 nitrogen and oxygen atoms in total. The van der Waals surface area contributed by atoms with Gasteiger partial charge in [-0.3, -0.25) is 9.59 Å². The molecule has 3 rings (SSSR count). The van der Waals surface area contributed by atoms with E-state index in [0.717, 1.165) is 38.9 Å². The molecule has 5 heteroatoms. The van der Waals surface area contributed by atoms with Gasteiger partial charge in [-0.15, -0.1) is 0 Å². The maximum Gasteiger partial charge on any atom is 0.246 e. The molecule has 2 aliphatic heterocycles. The predicted octanol–water partition coefficient (Wildman–Crippen LogP) is 4.02. The van der Waals surface area contributed by atoms with Crippen molar-refractivity contribution in [2.45, 2.75) is 90.3 Å². The van der Waals surface area contributed by atoms with Crippen molar-refractivity contribution in [3.8, 4) is 0 Å². The van der Waals surface area contributed by atoms with Gasteiger partial charge in [0.25, 0.3) is 0 Å². The van der Waals surface area contributed by atoms with Crippen molar-refractivity contribution in [1.29, 1.82) is 0 Å². The largest absolute Gasteiger partial charge is 0.342 e. The van der Waals surface area contributed by atoms with Gasteiger partial charge in [-0.2, -0.15) is 0 Å². The quantitative estimate of drug-likeness (QED) is 0.606. The summed E-state index contributed by atoms with van der Waals surface area (Å²) in [5, 5.41) is 3.08. The molecule has 0 unspecified atom stereocenters. The maximum atomic E-state index is 13.3. The maximum absolute atomic E-state index is 13.3. The SMILES string of the molecule is CC(C)C[C@@H]1NC(=O)C2(CCN(CCCCCc3ccccc3)CC2)N(C(C)C)C1=O. The summed E-state index contributed by atoms with van der Waals surface area (Å²) in [7, 11) is 0. The van der Waals surface area contributed by atoms with Crippen LogP contribution < -0.4 is 5.32 Å². The number of piperazine rings is 1. The first-order chi connectivity index (χ1) is 14.8. The first kappa shape index (κ1) is 23.8. The summed E-state index contributed by atoms with van der Waals surface area (Å²) in [4.78, 5) is 30.9. The molecule has 172 valence electrons. The van der Waals surface area contributed by atoms with Gasteiger partial charge < -0.3 is 15.1 Å². The van der Waals surface area contributed by atoms with Crippen molar-refractivity contribution in [2.75, 3.05) is 19.6 Å². The molecule has 0 bridgehead atoms. The molecular formula is C26H41N3O2. The lowest BCUT2D eigenvalue weighted by Crippen LogP contribution is -2.74. The summed E-state index contributed by atoms with van der Waals surface area (Å²) in [6.07, 6.45) is 6.96. The summed E-state index contributed by atoms with van der Waals surface area (Å²) in [6, 6.07) is 10.4. The van der Waals surface area contributed by atoms with Crippen molar-refractivity contribution in [3.63, 3.8) is 0 Å². The van der Waals surface area contributed by atoms with Gasteiger partial charge in [0.2, 0.25) is 11.8 Å². The number of likely N-dealkylation sites (tertiary alicyclic amines) is 1. The minimum Gasteiger partial charge on any atom is -0.342 e. The van der Waals surface area contributed by atoms with Crippen molar-refractivity contribution in [3.05, 3.63) is 35.9 Å². The summed E-state index contributed by atoms with van der Waals surface area (Å²) in [5.74, 6) is 0.549. The highest BCUT2D eigenvalue weighted by atomic mass is 16.2. The third-order valence-electron chi connectivity index (χ3n) is 6.91. The Bertz CT molecular complexity index is 723. The van der Waals surface area contributed by atoms with Gasteiger partial charge in [0.1, 0.15) is 11.6 Å². The average Bonchev–Trinajstić information content (AvgIpc) is 2.73. The zero-order valence-corrected chi connectivity index (χ0v) is 19.9. The molecule has 31 heavy (non-hydrogen) atoms. The number of nitrogens with one attached hydrogen (secondary N) is 1. The molecule has 1 aromatic rings. The van der Waals surface area contributed by atoms with Crippen LogP contribution in [0.15, 0.2) is 30.3 Å². The van der Waals surface area contributed by atoms with Crippen LogP contribution in [-0.4, -0.2) is 58.9 Å². The second kappa shape index (κ2) is 10.6. The zero-order valence-electron chi connectivity index (χ0n) is 19.9. The van der Waals surface area contributed by atoms with E-state index in [2.05, 4.69) is 54.4 Å². The lowest BCUT2D eigenvalue weighted by Gasteiger charge is -2.53. The normalized spacial score (nSPS) is 21.9. The van der Waals surface area contributed by atoms with Gasteiger partial charge in [0.15, 0.2) is 0 Å². The molecule has 1 spiro atoms. The first-order valence-electron chi connectivity index (χ1n) is 12.2. The Balaban J connectivity index is 1.50. The molecule has 0 aliphatic carbocycles. The van der Waals surface area contributed by atoms with Crippen LogP contribution >= 0.6 is 0 Å². The molecule has 1 aromatic carbocycles. The lowest BCUT2D eigenvalue weighted by molar-refractivity contribution is -0.164. The summed E-state index contributed by atoms with van der Waals surface area (Å²) >= 11 is 0. The minimum atomic E-state index is -0.664.